The van der Waals surface area contributed by atoms with Crippen molar-refractivity contribution in [1.82, 2.24) is 20.2 Å². The van der Waals surface area contributed by atoms with Crippen LogP contribution in [0.15, 0.2) is 38.7 Å². The van der Waals surface area contributed by atoms with Crippen LogP contribution < -0.4 is 10.3 Å². The Balaban J connectivity index is 1.51. The minimum Gasteiger partial charge on any atom is -0.497 e. The van der Waals surface area contributed by atoms with E-state index in [4.69, 9.17) is 9.15 Å². The molecule has 0 atom stereocenters. The highest BCUT2D eigenvalue weighted by molar-refractivity contribution is 7.98. The molecule has 3 aromatic heterocycles. The van der Waals surface area contributed by atoms with Crippen LogP contribution in [0.4, 0.5) is 0 Å². The second-order valence-electron chi connectivity index (χ2n) is 5.87. The van der Waals surface area contributed by atoms with Crippen LogP contribution in [0.5, 0.6) is 5.75 Å². The number of H-pyrrole nitrogens is 1. The lowest BCUT2D eigenvalue weighted by Crippen LogP contribution is -2.10. The Hall–Kier alpha value is -2.65. The van der Waals surface area contributed by atoms with Crippen LogP contribution in [0.3, 0.4) is 0 Å². The number of hydrogen-bond acceptors (Lipinski definition) is 8. The molecular formula is C18H16N4O3S2. The number of benzene rings is 1. The number of rotatable bonds is 5. The fourth-order valence-electron chi connectivity index (χ4n) is 2.62. The molecular weight excluding hydrogens is 384 g/mol. The van der Waals surface area contributed by atoms with E-state index < -0.39 is 0 Å². The number of aryl methyl sites for hydroxylation is 2. The van der Waals surface area contributed by atoms with Gasteiger partial charge < -0.3 is 14.1 Å². The van der Waals surface area contributed by atoms with E-state index in [2.05, 4.69) is 20.2 Å². The van der Waals surface area contributed by atoms with Crippen LogP contribution in [0.25, 0.3) is 21.7 Å². The van der Waals surface area contributed by atoms with Crippen molar-refractivity contribution in [1.29, 1.82) is 0 Å². The molecule has 0 aliphatic heterocycles. The molecule has 9 heteroatoms. The summed E-state index contributed by atoms with van der Waals surface area (Å²) < 4.78 is 10.8. The Morgan fingerprint density at radius 2 is 2.00 bits per heavy atom. The summed E-state index contributed by atoms with van der Waals surface area (Å²) in [6.45, 7) is 3.94. The van der Waals surface area contributed by atoms with Gasteiger partial charge in [0.15, 0.2) is 0 Å². The van der Waals surface area contributed by atoms with E-state index >= 15 is 0 Å². The number of thiophene rings is 1. The molecule has 4 aromatic rings. The molecule has 0 fully saturated rings. The number of nitrogens with zero attached hydrogens (tertiary/aromatic N) is 3. The van der Waals surface area contributed by atoms with Gasteiger partial charge in [0.1, 0.15) is 16.4 Å². The molecule has 1 N–H and O–H groups in total. The largest absolute Gasteiger partial charge is 0.497 e. The zero-order valence-electron chi connectivity index (χ0n) is 14.9. The number of aromatic nitrogens is 4. The average molecular weight is 400 g/mol. The summed E-state index contributed by atoms with van der Waals surface area (Å²) in [6.07, 6.45) is 0. The van der Waals surface area contributed by atoms with E-state index in [1.165, 1.54) is 23.1 Å². The molecule has 0 bridgehead atoms. The Labute approximate surface area is 162 Å². The monoisotopic (exact) mass is 400 g/mol. The Morgan fingerprint density at radius 3 is 2.74 bits per heavy atom. The normalized spacial score (nSPS) is 11.2. The first-order chi connectivity index (χ1) is 13.0. The number of ether oxygens (including phenoxy) is 1. The van der Waals surface area contributed by atoms with Gasteiger partial charge in [0.25, 0.3) is 10.8 Å². The molecule has 3 heterocycles. The molecule has 27 heavy (non-hydrogen) atoms. The lowest BCUT2D eigenvalue weighted by molar-refractivity contribution is 0.414. The van der Waals surface area contributed by atoms with Crippen LogP contribution in [-0.4, -0.2) is 27.3 Å². The summed E-state index contributed by atoms with van der Waals surface area (Å²) in [5.41, 5.74) is 1.69. The highest BCUT2D eigenvalue weighted by atomic mass is 32.2. The number of thioether (sulfide) groups is 1. The minimum atomic E-state index is -0.109. The van der Waals surface area contributed by atoms with E-state index in [1.54, 1.807) is 7.11 Å². The van der Waals surface area contributed by atoms with Gasteiger partial charge in [0, 0.05) is 10.4 Å². The third kappa shape index (κ3) is 3.47. The number of aromatic amines is 1. The smallest absolute Gasteiger partial charge is 0.277 e. The average Bonchev–Trinajstić information content (AvgIpc) is 3.25. The maximum Gasteiger partial charge on any atom is 0.277 e. The van der Waals surface area contributed by atoms with Crippen molar-refractivity contribution in [2.24, 2.45) is 0 Å². The molecule has 0 unspecified atom stereocenters. The zero-order valence-corrected chi connectivity index (χ0v) is 16.5. The molecule has 1 aromatic carbocycles. The van der Waals surface area contributed by atoms with Crippen molar-refractivity contribution >= 4 is 33.3 Å². The molecule has 0 aliphatic rings. The van der Waals surface area contributed by atoms with Crippen LogP contribution in [0.1, 0.15) is 16.3 Å². The molecule has 138 valence electrons. The molecule has 0 radical (unpaired) electrons. The summed E-state index contributed by atoms with van der Waals surface area (Å²) in [4.78, 5) is 21.6. The first-order valence-corrected chi connectivity index (χ1v) is 9.95. The van der Waals surface area contributed by atoms with Crippen molar-refractivity contribution in [2.75, 3.05) is 7.11 Å². The molecule has 7 nitrogen and oxygen atoms in total. The summed E-state index contributed by atoms with van der Waals surface area (Å²) in [5.74, 6) is 2.22. The fourth-order valence-corrected chi connectivity index (χ4v) is 4.30. The van der Waals surface area contributed by atoms with Crippen LogP contribution in [-0.2, 0) is 5.75 Å². The van der Waals surface area contributed by atoms with Crippen molar-refractivity contribution in [3.63, 3.8) is 0 Å². The topological polar surface area (TPSA) is 93.9 Å². The van der Waals surface area contributed by atoms with Gasteiger partial charge in [-0.15, -0.1) is 21.5 Å². The summed E-state index contributed by atoms with van der Waals surface area (Å²) in [6, 6.07) is 7.38. The predicted octanol–water partition coefficient (Wildman–Crippen LogP) is 3.95. The Morgan fingerprint density at radius 1 is 1.22 bits per heavy atom. The van der Waals surface area contributed by atoms with Gasteiger partial charge in [-0.25, -0.2) is 4.98 Å². The van der Waals surface area contributed by atoms with Gasteiger partial charge in [0.2, 0.25) is 5.89 Å². The van der Waals surface area contributed by atoms with Crippen LogP contribution >= 0.6 is 23.1 Å². The first kappa shape index (κ1) is 17.7. The number of methoxy groups -OCH3 is 1. The number of nitrogens with one attached hydrogen (secondary N) is 1. The highest BCUT2D eigenvalue weighted by Gasteiger charge is 2.14. The number of fused-ring (bicyclic) bond motifs is 1. The quantitative estimate of drug-likeness (QED) is 0.507. The fraction of sp³-hybridized carbons (Fsp3) is 0.222. The standard InChI is InChI=1S/C18H16N4O3S2/c1-9-10(2)27-17-14(9)15(23)19-13(20-17)8-26-18-22-21-16(25-18)11-4-6-12(24-3)7-5-11/h4-7H,8H2,1-3H3,(H,19,20,23). The van der Waals surface area contributed by atoms with Crippen LogP contribution in [0, 0.1) is 13.8 Å². The predicted molar refractivity (Wildman–Crippen MR) is 106 cm³/mol. The van der Waals surface area contributed by atoms with Crippen molar-refractivity contribution < 1.29 is 9.15 Å². The van der Waals surface area contributed by atoms with Gasteiger partial charge in [-0.2, -0.15) is 0 Å². The first-order valence-electron chi connectivity index (χ1n) is 8.15. The SMILES string of the molecule is COc1ccc(-c2nnc(SCc3nc4sc(C)c(C)c4c(=O)[nH]3)o2)cc1. The second kappa shape index (κ2) is 7.16. The Bertz CT molecular complexity index is 1160. The maximum absolute atomic E-state index is 12.3. The third-order valence-corrected chi connectivity index (χ3v) is 6.09. The molecule has 0 amide bonds. The van der Waals surface area contributed by atoms with Crippen molar-refractivity contribution in [3.8, 4) is 17.2 Å². The summed E-state index contributed by atoms with van der Waals surface area (Å²) in [5, 5.41) is 9.21. The van der Waals surface area contributed by atoms with Gasteiger partial charge in [-0.3, -0.25) is 4.79 Å². The van der Waals surface area contributed by atoms with E-state index in [1.807, 2.05) is 38.1 Å². The number of hydrogen-bond donors (Lipinski definition) is 1. The lowest BCUT2D eigenvalue weighted by Gasteiger charge is -2.00. The molecule has 0 saturated carbocycles. The van der Waals surface area contributed by atoms with Gasteiger partial charge >= 0.3 is 0 Å². The molecule has 0 aliphatic carbocycles. The summed E-state index contributed by atoms with van der Waals surface area (Å²) >= 11 is 2.86. The minimum absolute atomic E-state index is 0.109. The molecule has 0 spiro atoms. The Kier molecular flexibility index (Phi) is 4.71. The second-order valence-corrected chi connectivity index (χ2v) is 8.00. The lowest BCUT2D eigenvalue weighted by atomic mass is 10.2. The van der Waals surface area contributed by atoms with Crippen molar-refractivity contribution in [3.05, 3.63) is 50.9 Å². The summed E-state index contributed by atoms with van der Waals surface area (Å²) in [7, 11) is 1.62. The molecule has 0 saturated heterocycles. The van der Waals surface area contributed by atoms with E-state index in [9.17, 15) is 4.79 Å². The molecule has 4 rings (SSSR count). The van der Waals surface area contributed by atoms with E-state index in [0.717, 1.165) is 26.6 Å². The van der Waals surface area contributed by atoms with Gasteiger partial charge in [-0.1, -0.05) is 11.8 Å². The zero-order chi connectivity index (χ0) is 19.0. The third-order valence-electron chi connectivity index (χ3n) is 4.16. The van der Waals surface area contributed by atoms with Crippen LogP contribution in [0.2, 0.25) is 0 Å². The highest BCUT2D eigenvalue weighted by Crippen LogP contribution is 2.28. The van der Waals surface area contributed by atoms with E-state index in [-0.39, 0.29) is 5.56 Å². The van der Waals surface area contributed by atoms with Crippen molar-refractivity contribution in [2.45, 2.75) is 24.8 Å². The van der Waals surface area contributed by atoms with Gasteiger partial charge in [-0.05, 0) is 43.7 Å². The van der Waals surface area contributed by atoms with Gasteiger partial charge in [0.05, 0.1) is 18.2 Å². The maximum atomic E-state index is 12.3. The van der Waals surface area contributed by atoms with E-state index in [0.29, 0.717) is 28.1 Å².